The van der Waals surface area contributed by atoms with Crippen molar-refractivity contribution >= 4 is 5.82 Å². The largest absolute Gasteiger partial charge is 0.369 e. The van der Waals surface area contributed by atoms with Gasteiger partial charge in [0.05, 0.1) is 11.4 Å². The van der Waals surface area contributed by atoms with Crippen molar-refractivity contribution < 1.29 is 0 Å². The van der Waals surface area contributed by atoms with Gasteiger partial charge in [-0.2, -0.15) is 5.10 Å². The van der Waals surface area contributed by atoms with Gasteiger partial charge in [-0.25, -0.2) is 4.68 Å². The number of benzene rings is 1. The van der Waals surface area contributed by atoms with E-state index >= 15 is 0 Å². The molecule has 4 rings (SSSR count). The molecule has 1 aromatic carbocycles. The molecule has 2 aromatic rings. The fourth-order valence-corrected chi connectivity index (χ4v) is 3.97. The van der Waals surface area contributed by atoms with E-state index in [1.807, 2.05) is 0 Å². The third kappa shape index (κ3) is 2.65. The topological polar surface area (TPSA) is 33.1 Å². The molecular formula is C19H26N4. The lowest BCUT2D eigenvalue weighted by molar-refractivity contribution is 0.215. The zero-order valence-corrected chi connectivity index (χ0v) is 14.2. The van der Waals surface area contributed by atoms with Crippen molar-refractivity contribution in [1.82, 2.24) is 14.7 Å². The highest BCUT2D eigenvalue weighted by Gasteiger charge is 2.30. The van der Waals surface area contributed by atoms with Gasteiger partial charge >= 0.3 is 0 Å². The number of piperidine rings is 1. The molecule has 1 unspecified atom stereocenters. The minimum Gasteiger partial charge on any atom is -0.369 e. The highest BCUT2D eigenvalue weighted by atomic mass is 15.3. The number of likely N-dealkylation sites (N-methyl/N-ethyl adjacent to an activating group) is 1. The van der Waals surface area contributed by atoms with E-state index in [-0.39, 0.29) is 0 Å². The van der Waals surface area contributed by atoms with E-state index in [1.54, 1.807) is 0 Å². The van der Waals surface area contributed by atoms with Crippen LogP contribution in [0.15, 0.2) is 24.3 Å². The molecule has 2 aliphatic heterocycles. The van der Waals surface area contributed by atoms with Crippen LogP contribution < -0.4 is 5.32 Å². The predicted octanol–water partition coefficient (Wildman–Crippen LogP) is 3.35. The summed E-state index contributed by atoms with van der Waals surface area (Å²) in [6.45, 7) is 8.98. The second-order valence-corrected chi connectivity index (χ2v) is 6.87. The number of nitrogens with zero attached hydrogens (tertiary/aromatic N) is 3. The molecule has 1 fully saturated rings. The molecule has 0 saturated carbocycles. The Morgan fingerprint density at radius 2 is 2.09 bits per heavy atom. The number of nitrogens with one attached hydrogen (secondary N) is 1. The van der Waals surface area contributed by atoms with Crippen molar-refractivity contribution in [2.24, 2.45) is 0 Å². The van der Waals surface area contributed by atoms with Gasteiger partial charge in [0.15, 0.2) is 0 Å². The van der Waals surface area contributed by atoms with E-state index in [9.17, 15) is 0 Å². The molecule has 3 heterocycles. The Hall–Kier alpha value is -1.81. The minimum atomic E-state index is 0.587. The highest BCUT2D eigenvalue weighted by Crippen LogP contribution is 2.36. The van der Waals surface area contributed by atoms with E-state index in [1.165, 1.54) is 42.0 Å². The summed E-state index contributed by atoms with van der Waals surface area (Å²) >= 11 is 0. The lowest BCUT2D eigenvalue weighted by atomic mass is 9.92. The third-order valence-corrected chi connectivity index (χ3v) is 5.30. The molecule has 122 valence electrons. The Labute approximate surface area is 138 Å². The van der Waals surface area contributed by atoms with Crippen molar-refractivity contribution in [3.8, 4) is 5.69 Å². The predicted molar refractivity (Wildman–Crippen MR) is 94.6 cm³/mol. The molecule has 0 spiro atoms. The second kappa shape index (κ2) is 6.00. The van der Waals surface area contributed by atoms with E-state index in [2.05, 4.69) is 53.0 Å². The molecule has 1 saturated heterocycles. The first-order valence-corrected chi connectivity index (χ1v) is 8.91. The summed E-state index contributed by atoms with van der Waals surface area (Å²) < 4.78 is 2.13. The van der Waals surface area contributed by atoms with Gasteiger partial charge in [0.2, 0.25) is 0 Å². The second-order valence-electron chi connectivity index (χ2n) is 6.87. The lowest BCUT2D eigenvalue weighted by Gasteiger charge is -2.31. The van der Waals surface area contributed by atoms with E-state index in [0.717, 1.165) is 31.7 Å². The molecular weight excluding hydrogens is 284 g/mol. The molecule has 0 amide bonds. The normalized spacial score (nSPS) is 21.2. The minimum absolute atomic E-state index is 0.587. The maximum Gasteiger partial charge on any atom is 0.133 e. The van der Waals surface area contributed by atoms with Crippen LogP contribution in [0.5, 0.6) is 0 Å². The lowest BCUT2D eigenvalue weighted by Crippen LogP contribution is -2.34. The molecule has 1 atom stereocenters. The molecule has 1 N–H and O–H groups in total. The van der Waals surface area contributed by atoms with Crippen molar-refractivity contribution in [3.63, 3.8) is 0 Å². The summed E-state index contributed by atoms with van der Waals surface area (Å²) in [4.78, 5) is 2.56. The Morgan fingerprint density at radius 3 is 2.87 bits per heavy atom. The SMILES string of the molecule is CCN1CCCC(c2nn(-c3ccc(C)cc3)c3c2CCN3)C1. The van der Waals surface area contributed by atoms with Gasteiger partial charge in [0.25, 0.3) is 0 Å². The van der Waals surface area contributed by atoms with Crippen LogP contribution in [0, 0.1) is 6.92 Å². The average Bonchev–Trinajstić information content (AvgIpc) is 3.18. The Bertz CT molecular complexity index is 686. The van der Waals surface area contributed by atoms with Crippen LogP contribution >= 0.6 is 0 Å². The third-order valence-electron chi connectivity index (χ3n) is 5.30. The number of aryl methyl sites for hydroxylation is 1. The summed E-state index contributed by atoms with van der Waals surface area (Å²) in [6.07, 6.45) is 3.67. The van der Waals surface area contributed by atoms with Gasteiger partial charge in [-0.3, -0.25) is 0 Å². The maximum atomic E-state index is 5.05. The summed E-state index contributed by atoms with van der Waals surface area (Å²) in [5, 5.41) is 8.61. The van der Waals surface area contributed by atoms with Gasteiger partial charge in [-0.15, -0.1) is 0 Å². The summed E-state index contributed by atoms with van der Waals surface area (Å²) in [5.74, 6) is 1.81. The smallest absolute Gasteiger partial charge is 0.133 e. The van der Waals surface area contributed by atoms with Crippen LogP contribution in [0.25, 0.3) is 5.69 Å². The monoisotopic (exact) mass is 310 g/mol. The highest BCUT2D eigenvalue weighted by molar-refractivity contribution is 5.58. The maximum absolute atomic E-state index is 5.05. The first kappa shape index (κ1) is 14.8. The molecule has 4 heteroatoms. The number of likely N-dealkylation sites (tertiary alicyclic amines) is 1. The van der Waals surface area contributed by atoms with E-state index in [4.69, 9.17) is 5.10 Å². The molecule has 0 aliphatic carbocycles. The number of anilines is 1. The van der Waals surface area contributed by atoms with Gasteiger partial charge in [0, 0.05) is 24.6 Å². The summed E-state index contributed by atoms with van der Waals surface area (Å²) in [7, 11) is 0. The fraction of sp³-hybridized carbons (Fsp3) is 0.526. The van der Waals surface area contributed by atoms with Gasteiger partial charge in [-0.05, 0) is 51.4 Å². The number of rotatable bonds is 3. The first-order valence-electron chi connectivity index (χ1n) is 8.91. The van der Waals surface area contributed by atoms with Crippen molar-refractivity contribution in [2.75, 3.05) is 31.5 Å². The molecule has 2 aliphatic rings. The van der Waals surface area contributed by atoms with Crippen LogP contribution in [0.3, 0.4) is 0 Å². The van der Waals surface area contributed by atoms with Crippen LogP contribution in [0.2, 0.25) is 0 Å². The molecule has 0 radical (unpaired) electrons. The van der Waals surface area contributed by atoms with Crippen LogP contribution in [0.4, 0.5) is 5.82 Å². The van der Waals surface area contributed by atoms with Gasteiger partial charge in [-0.1, -0.05) is 24.6 Å². The fourth-order valence-electron chi connectivity index (χ4n) is 3.97. The van der Waals surface area contributed by atoms with Crippen LogP contribution in [-0.2, 0) is 6.42 Å². The van der Waals surface area contributed by atoms with E-state index in [0.29, 0.717) is 5.92 Å². The van der Waals surface area contributed by atoms with Gasteiger partial charge < -0.3 is 10.2 Å². The standard InChI is InChI=1S/C19H26N4/c1-3-22-12-4-5-15(13-22)18-17-10-11-20-19(17)23(21-18)16-8-6-14(2)7-9-16/h6-9,15,20H,3-5,10-13H2,1-2H3. The van der Waals surface area contributed by atoms with Gasteiger partial charge in [0.1, 0.15) is 5.82 Å². The zero-order valence-electron chi connectivity index (χ0n) is 14.2. The summed E-state index contributed by atoms with van der Waals surface area (Å²) in [5.41, 5.74) is 5.24. The Morgan fingerprint density at radius 1 is 1.26 bits per heavy atom. The molecule has 1 aromatic heterocycles. The van der Waals surface area contributed by atoms with Crippen LogP contribution in [0.1, 0.15) is 42.5 Å². The molecule has 23 heavy (non-hydrogen) atoms. The average molecular weight is 310 g/mol. The van der Waals surface area contributed by atoms with Crippen molar-refractivity contribution in [1.29, 1.82) is 0 Å². The molecule has 4 nitrogen and oxygen atoms in total. The number of fused-ring (bicyclic) bond motifs is 1. The van der Waals surface area contributed by atoms with Crippen molar-refractivity contribution in [2.45, 2.75) is 39.0 Å². The summed E-state index contributed by atoms with van der Waals surface area (Å²) in [6, 6.07) is 8.67. The number of aromatic nitrogens is 2. The Balaban J connectivity index is 1.71. The Kier molecular flexibility index (Phi) is 3.85. The van der Waals surface area contributed by atoms with Crippen LogP contribution in [-0.4, -0.2) is 40.9 Å². The number of hydrogen-bond donors (Lipinski definition) is 1. The quantitative estimate of drug-likeness (QED) is 0.944. The molecule has 0 bridgehead atoms. The first-order chi connectivity index (χ1) is 11.3. The zero-order chi connectivity index (χ0) is 15.8. The number of hydrogen-bond acceptors (Lipinski definition) is 3. The van der Waals surface area contributed by atoms with Crippen molar-refractivity contribution in [3.05, 3.63) is 41.1 Å². The van der Waals surface area contributed by atoms with E-state index < -0.39 is 0 Å².